The number of piperidine rings is 1. The van der Waals surface area contributed by atoms with Crippen molar-refractivity contribution in [2.24, 2.45) is 7.05 Å². The van der Waals surface area contributed by atoms with Crippen molar-refractivity contribution in [3.63, 3.8) is 0 Å². The van der Waals surface area contributed by atoms with Crippen molar-refractivity contribution in [1.82, 2.24) is 34.8 Å². The fraction of sp³-hybridized carbons (Fsp3) is 0.750. The fourth-order valence-corrected chi connectivity index (χ4v) is 3.52. The summed E-state index contributed by atoms with van der Waals surface area (Å²) in [5.74, 6) is 4.45. The maximum Gasteiger partial charge on any atom is 0.167 e. The van der Waals surface area contributed by atoms with Crippen LogP contribution in [0.5, 0.6) is 0 Å². The van der Waals surface area contributed by atoms with Gasteiger partial charge in [-0.3, -0.25) is 10.00 Å². The van der Waals surface area contributed by atoms with E-state index < -0.39 is 0 Å². The molecule has 0 spiro atoms. The van der Waals surface area contributed by atoms with Crippen LogP contribution in [-0.4, -0.2) is 48.5 Å². The molecule has 1 atom stereocenters. The normalized spacial score (nSPS) is 22.2. The second kappa shape index (κ2) is 6.60. The molecule has 1 saturated carbocycles. The summed E-state index contributed by atoms with van der Waals surface area (Å²) in [6, 6.07) is 0.238. The lowest BCUT2D eigenvalue weighted by Crippen LogP contribution is -2.34. The molecule has 3 heterocycles. The highest BCUT2D eigenvalue weighted by Crippen LogP contribution is 2.39. The molecule has 1 saturated heterocycles. The van der Waals surface area contributed by atoms with Crippen molar-refractivity contribution < 1.29 is 4.74 Å². The third-order valence-electron chi connectivity index (χ3n) is 5.03. The number of aromatic nitrogens is 6. The minimum absolute atomic E-state index is 0.238. The van der Waals surface area contributed by atoms with Gasteiger partial charge in [0.25, 0.3) is 0 Å². The van der Waals surface area contributed by atoms with Crippen molar-refractivity contribution in [1.29, 1.82) is 0 Å². The van der Waals surface area contributed by atoms with E-state index in [0.717, 1.165) is 42.8 Å². The van der Waals surface area contributed by atoms with Crippen molar-refractivity contribution in [2.75, 3.05) is 13.7 Å². The Morgan fingerprint density at radius 2 is 2.08 bits per heavy atom. The minimum atomic E-state index is 0.238. The smallest absolute Gasteiger partial charge is 0.167 e. The first-order valence-electron chi connectivity index (χ1n) is 8.78. The van der Waals surface area contributed by atoms with Gasteiger partial charge in [-0.05, 0) is 32.2 Å². The van der Waals surface area contributed by atoms with Crippen LogP contribution < -0.4 is 0 Å². The topological polar surface area (TPSA) is 84.8 Å². The first-order valence-corrected chi connectivity index (χ1v) is 8.78. The molecule has 2 aromatic heterocycles. The van der Waals surface area contributed by atoms with Crippen LogP contribution in [0.4, 0.5) is 0 Å². The van der Waals surface area contributed by atoms with Gasteiger partial charge in [-0.1, -0.05) is 6.42 Å². The van der Waals surface area contributed by atoms with E-state index in [0.29, 0.717) is 12.5 Å². The van der Waals surface area contributed by atoms with Crippen LogP contribution in [-0.2, 0) is 24.9 Å². The molecule has 0 unspecified atom stereocenters. The molecule has 0 amide bonds. The molecule has 4 rings (SSSR count). The lowest BCUT2D eigenvalue weighted by Gasteiger charge is -2.33. The number of likely N-dealkylation sites (tertiary alicyclic amines) is 1. The summed E-state index contributed by atoms with van der Waals surface area (Å²) in [7, 11) is 3.76. The maximum absolute atomic E-state index is 5.13. The van der Waals surface area contributed by atoms with E-state index in [2.05, 4.69) is 41.9 Å². The number of nitrogens with one attached hydrogen (secondary N) is 1. The highest BCUT2D eigenvalue weighted by molar-refractivity contribution is 5.08. The van der Waals surface area contributed by atoms with E-state index in [4.69, 9.17) is 4.74 Å². The van der Waals surface area contributed by atoms with Crippen molar-refractivity contribution in [3.8, 4) is 0 Å². The van der Waals surface area contributed by atoms with Gasteiger partial charge in [0.1, 0.15) is 18.3 Å². The molecule has 0 radical (unpaired) electrons. The summed E-state index contributed by atoms with van der Waals surface area (Å²) < 4.78 is 7.31. The molecule has 1 N–H and O–H groups in total. The number of methoxy groups -OCH3 is 1. The van der Waals surface area contributed by atoms with Crippen molar-refractivity contribution in [3.05, 3.63) is 23.3 Å². The number of hydrogen-bond acceptors (Lipinski definition) is 6. The molecule has 2 aliphatic rings. The number of hydrogen-bond donors (Lipinski definition) is 1. The third kappa shape index (κ3) is 3.08. The Hall–Kier alpha value is -1.80. The van der Waals surface area contributed by atoms with Gasteiger partial charge >= 0.3 is 0 Å². The highest BCUT2D eigenvalue weighted by atomic mass is 16.5. The van der Waals surface area contributed by atoms with Gasteiger partial charge in [-0.25, -0.2) is 4.98 Å². The zero-order valence-corrected chi connectivity index (χ0v) is 14.4. The molecule has 2 aromatic rings. The average Bonchev–Trinajstić information content (AvgIpc) is 3.22. The van der Waals surface area contributed by atoms with Crippen LogP contribution in [0.25, 0.3) is 0 Å². The van der Waals surface area contributed by atoms with Gasteiger partial charge in [-0.15, -0.1) is 10.2 Å². The number of nitrogens with zero attached hydrogens (tertiary/aromatic N) is 6. The van der Waals surface area contributed by atoms with Gasteiger partial charge in [-0.2, -0.15) is 5.10 Å². The molecule has 24 heavy (non-hydrogen) atoms. The number of rotatable bonds is 6. The van der Waals surface area contributed by atoms with E-state index >= 15 is 0 Å². The van der Waals surface area contributed by atoms with E-state index in [1.54, 1.807) is 7.11 Å². The highest BCUT2D eigenvalue weighted by Gasteiger charge is 2.31. The van der Waals surface area contributed by atoms with Crippen LogP contribution in [0, 0.1) is 0 Å². The standard InChI is InChI=1S/C16H25N7O/c1-22-14(19-21-16(22)11-6-7-11)9-23-8-4-3-5-12(23)15-17-13(10-24-2)18-20-15/h11-12H,3-10H2,1-2H3,(H,17,18,20)/t12-/m0/s1. The Morgan fingerprint density at radius 1 is 1.21 bits per heavy atom. The molecular weight excluding hydrogens is 306 g/mol. The van der Waals surface area contributed by atoms with E-state index in [9.17, 15) is 0 Å². The molecule has 1 aliphatic heterocycles. The zero-order valence-electron chi connectivity index (χ0n) is 14.4. The molecule has 1 aliphatic carbocycles. The number of H-pyrrole nitrogens is 1. The molecule has 8 nitrogen and oxygen atoms in total. The number of ether oxygens (including phenoxy) is 1. The van der Waals surface area contributed by atoms with E-state index in [1.165, 1.54) is 25.7 Å². The average molecular weight is 331 g/mol. The zero-order chi connectivity index (χ0) is 16.5. The first-order chi connectivity index (χ1) is 11.8. The predicted octanol–water partition coefficient (Wildman–Crippen LogP) is 1.68. The lowest BCUT2D eigenvalue weighted by atomic mass is 10.0. The first kappa shape index (κ1) is 15.7. The SMILES string of the molecule is COCc1nc([C@@H]2CCCCN2Cc2nnc(C3CC3)n2C)n[nH]1. The maximum atomic E-state index is 5.13. The van der Waals surface area contributed by atoms with E-state index in [-0.39, 0.29) is 6.04 Å². The third-order valence-corrected chi connectivity index (χ3v) is 5.03. The van der Waals surface area contributed by atoms with Gasteiger partial charge in [0, 0.05) is 20.1 Å². The van der Waals surface area contributed by atoms with E-state index in [1.807, 2.05) is 0 Å². The van der Waals surface area contributed by atoms with Gasteiger partial charge in [0.05, 0.1) is 12.6 Å². The van der Waals surface area contributed by atoms with Crippen molar-refractivity contribution >= 4 is 0 Å². The monoisotopic (exact) mass is 331 g/mol. The summed E-state index contributed by atoms with van der Waals surface area (Å²) in [5, 5.41) is 16.2. The minimum Gasteiger partial charge on any atom is -0.377 e. The van der Waals surface area contributed by atoms with Gasteiger partial charge in [0.15, 0.2) is 11.6 Å². The summed E-state index contributed by atoms with van der Waals surface area (Å²) in [4.78, 5) is 7.04. The van der Waals surface area contributed by atoms with Crippen LogP contribution in [0.2, 0.25) is 0 Å². The predicted molar refractivity (Wildman–Crippen MR) is 87.1 cm³/mol. The fourth-order valence-electron chi connectivity index (χ4n) is 3.52. The summed E-state index contributed by atoms with van der Waals surface area (Å²) in [5.41, 5.74) is 0. The van der Waals surface area contributed by atoms with Crippen LogP contribution in [0.1, 0.15) is 67.4 Å². The second-order valence-corrected chi connectivity index (χ2v) is 6.86. The molecule has 2 fully saturated rings. The van der Waals surface area contributed by atoms with Gasteiger partial charge < -0.3 is 9.30 Å². The Balaban J connectivity index is 1.51. The summed E-state index contributed by atoms with van der Waals surface area (Å²) >= 11 is 0. The number of aromatic amines is 1. The lowest BCUT2D eigenvalue weighted by molar-refractivity contribution is 0.129. The second-order valence-electron chi connectivity index (χ2n) is 6.86. The summed E-state index contributed by atoms with van der Waals surface area (Å²) in [6.45, 7) is 2.31. The molecule has 130 valence electrons. The van der Waals surface area contributed by atoms with Crippen LogP contribution in [0.3, 0.4) is 0 Å². The molecule has 0 bridgehead atoms. The Morgan fingerprint density at radius 3 is 2.88 bits per heavy atom. The Kier molecular flexibility index (Phi) is 4.32. The van der Waals surface area contributed by atoms with Crippen molar-refractivity contribution in [2.45, 2.75) is 57.2 Å². The largest absolute Gasteiger partial charge is 0.377 e. The summed E-state index contributed by atoms with van der Waals surface area (Å²) in [6.07, 6.45) is 5.99. The molecule has 8 heteroatoms. The Labute approximate surface area is 141 Å². The molecule has 0 aromatic carbocycles. The molecular formula is C16H25N7O. The van der Waals surface area contributed by atoms with Crippen LogP contribution in [0.15, 0.2) is 0 Å². The Bertz CT molecular complexity index is 690. The quantitative estimate of drug-likeness (QED) is 0.867. The van der Waals surface area contributed by atoms with Gasteiger partial charge in [0.2, 0.25) is 0 Å². The van der Waals surface area contributed by atoms with Crippen LogP contribution >= 0.6 is 0 Å².